The van der Waals surface area contributed by atoms with Gasteiger partial charge in [-0.3, -0.25) is 0 Å². The van der Waals surface area contributed by atoms with Crippen molar-refractivity contribution in [3.63, 3.8) is 0 Å². The predicted octanol–water partition coefficient (Wildman–Crippen LogP) is 5.73. The van der Waals surface area contributed by atoms with E-state index in [-0.39, 0.29) is 0 Å². The summed E-state index contributed by atoms with van der Waals surface area (Å²) in [7, 11) is 3.32. The lowest BCUT2D eigenvalue weighted by molar-refractivity contribution is 0.356. The number of benzene rings is 4. The fourth-order valence-corrected chi connectivity index (χ4v) is 5.52. The zero-order chi connectivity index (χ0) is 21.3. The summed E-state index contributed by atoms with van der Waals surface area (Å²) in [5.74, 6) is 2.19. The van der Waals surface area contributed by atoms with Gasteiger partial charge in [0.1, 0.15) is 12.1 Å². The van der Waals surface area contributed by atoms with Crippen molar-refractivity contribution in [1.29, 1.82) is 10.5 Å². The Bertz CT molecular complexity index is 1410. The van der Waals surface area contributed by atoms with Crippen molar-refractivity contribution in [3.05, 3.63) is 81.9 Å². The largest absolute Gasteiger partial charge is 0.493 e. The number of rotatable bonds is 2. The molecular formula is C27H18N2O2. The second-order valence-corrected chi connectivity index (χ2v) is 8.33. The summed E-state index contributed by atoms with van der Waals surface area (Å²) in [5, 5.41) is 23.1. The highest BCUT2D eigenvalue weighted by molar-refractivity contribution is 5.91. The van der Waals surface area contributed by atoms with Crippen molar-refractivity contribution in [1.82, 2.24) is 0 Å². The summed E-state index contributed by atoms with van der Waals surface area (Å²) in [4.78, 5) is 0. The molecule has 0 N–H and O–H groups in total. The molecule has 0 heterocycles. The Balaban J connectivity index is 1.55. The highest BCUT2D eigenvalue weighted by Gasteiger charge is 2.41. The molecule has 2 aliphatic rings. The van der Waals surface area contributed by atoms with Gasteiger partial charge in [0, 0.05) is 11.8 Å². The molecule has 2 aliphatic carbocycles. The van der Waals surface area contributed by atoms with Gasteiger partial charge in [0.15, 0.2) is 11.5 Å². The van der Waals surface area contributed by atoms with E-state index in [2.05, 4.69) is 36.4 Å². The number of hydrogen-bond acceptors (Lipinski definition) is 4. The number of methoxy groups -OCH3 is 2. The van der Waals surface area contributed by atoms with Crippen LogP contribution in [0.2, 0.25) is 0 Å². The number of nitriles is 2. The van der Waals surface area contributed by atoms with E-state index in [1.807, 2.05) is 24.3 Å². The van der Waals surface area contributed by atoms with Gasteiger partial charge < -0.3 is 9.47 Å². The molecule has 148 valence electrons. The van der Waals surface area contributed by atoms with Gasteiger partial charge in [0.2, 0.25) is 0 Å². The summed E-state index contributed by atoms with van der Waals surface area (Å²) in [6.45, 7) is 0. The van der Waals surface area contributed by atoms with E-state index in [0.29, 0.717) is 23.0 Å². The third kappa shape index (κ3) is 2.34. The molecule has 0 aliphatic heterocycles. The van der Waals surface area contributed by atoms with Crippen LogP contribution in [-0.2, 0) is 0 Å². The van der Waals surface area contributed by atoms with E-state index in [1.54, 1.807) is 14.2 Å². The van der Waals surface area contributed by atoms with E-state index >= 15 is 0 Å². The SMILES string of the molecule is COc1cc2cc3c(cc2cc1OC)[C@H]1C[C@@H]3c2cc3cc(C#N)c(C#N)cc3cc21. The minimum atomic E-state index is 0.359. The first-order valence-electron chi connectivity index (χ1n) is 10.3. The van der Waals surface area contributed by atoms with Crippen LogP contribution in [-0.4, -0.2) is 14.2 Å². The maximum Gasteiger partial charge on any atom is 0.161 e. The Labute approximate surface area is 179 Å². The average molecular weight is 402 g/mol. The molecule has 4 aromatic carbocycles. The second kappa shape index (κ2) is 6.24. The smallest absolute Gasteiger partial charge is 0.161 e. The molecule has 0 unspecified atom stereocenters. The van der Waals surface area contributed by atoms with Gasteiger partial charge in [-0.1, -0.05) is 24.3 Å². The molecular weight excluding hydrogens is 384 g/mol. The molecule has 0 saturated heterocycles. The normalized spacial score (nSPS) is 17.8. The Hall–Kier alpha value is -4.02. The lowest BCUT2D eigenvalue weighted by atomic mass is 9.83. The second-order valence-electron chi connectivity index (χ2n) is 8.33. The van der Waals surface area contributed by atoms with Gasteiger partial charge in [-0.05, 0) is 74.5 Å². The van der Waals surface area contributed by atoms with E-state index in [9.17, 15) is 10.5 Å². The Kier molecular flexibility index (Phi) is 3.58. The first-order valence-corrected chi connectivity index (χ1v) is 10.3. The first kappa shape index (κ1) is 17.8. The summed E-state index contributed by atoms with van der Waals surface area (Å²) in [5.41, 5.74) is 6.32. The fourth-order valence-electron chi connectivity index (χ4n) is 5.52. The molecule has 0 amide bonds. The minimum Gasteiger partial charge on any atom is -0.493 e. The summed E-state index contributed by atoms with van der Waals surface area (Å²) >= 11 is 0. The van der Waals surface area contributed by atoms with Crippen LogP contribution in [0.4, 0.5) is 0 Å². The van der Waals surface area contributed by atoms with Gasteiger partial charge in [-0.15, -0.1) is 0 Å². The van der Waals surface area contributed by atoms with Gasteiger partial charge in [0.05, 0.1) is 25.3 Å². The van der Waals surface area contributed by atoms with Crippen LogP contribution in [0.3, 0.4) is 0 Å². The van der Waals surface area contributed by atoms with Crippen LogP contribution >= 0.6 is 0 Å². The standard InChI is InChI=1S/C27H18N2O2/c1-30-26-9-16-7-22-23(8-17(16)10-27(26)31-2)25-11-24(22)20-5-14-3-18(12-28)19(13-29)4-15(14)6-21(20)25/h3-10,24-25H,11H2,1-2H3/t24-,25+. The molecule has 4 heteroatoms. The maximum absolute atomic E-state index is 9.40. The number of nitrogens with zero attached hydrogens (tertiary/aromatic N) is 2. The summed E-state index contributed by atoms with van der Waals surface area (Å²) in [6, 6.07) is 21.1. The first-order chi connectivity index (χ1) is 15.1. The molecule has 6 rings (SSSR count). The topological polar surface area (TPSA) is 66.0 Å². The molecule has 2 atom stereocenters. The summed E-state index contributed by atoms with van der Waals surface area (Å²) in [6.07, 6.45) is 1.07. The van der Waals surface area contributed by atoms with Crippen molar-refractivity contribution in [2.45, 2.75) is 18.3 Å². The van der Waals surface area contributed by atoms with Crippen molar-refractivity contribution in [3.8, 4) is 23.6 Å². The fraction of sp³-hybridized carbons (Fsp3) is 0.185. The molecule has 0 radical (unpaired) electrons. The highest BCUT2D eigenvalue weighted by Crippen LogP contribution is 2.58. The lowest BCUT2D eigenvalue weighted by Crippen LogP contribution is -2.04. The molecule has 0 aromatic heterocycles. The minimum absolute atomic E-state index is 0.359. The van der Waals surface area contributed by atoms with Gasteiger partial charge in [0.25, 0.3) is 0 Å². The molecule has 4 nitrogen and oxygen atoms in total. The third-order valence-corrected chi connectivity index (χ3v) is 6.94. The Morgan fingerprint density at radius 2 is 0.968 bits per heavy atom. The molecule has 0 fully saturated rings. The molecule has 0 saturated carbocycles. The number of hydrogen-bond donors (Lipinski definition) is 0. The van der Waals surface area contributed by atoms with Crippen molar-refractivity contribution in [2.75, 3.05) is 14.2 Å². The van der Waals surface area contributed by atoms with Crippen LogP contribution < -0.4 is 9.47 Å². The van der Waals surface area contributed by atoms with E-state index in [4.69, 9.17) is 9.47 Å². The van der Waals surface area contributed by atoms with Crippen molar-refractivity contribution in [2.24, 2.45) is 0 Å². The van der Waals surface area contributed by atoms with Crippen LogP contribution in [0.15, 0.2) is 48.5 Å². The molecule has 4 aromatic rings. The van der Waals surface area contributed by atoms with Gasteiger partial charge in [-0.2, -0.15) is 10.5 Å². The maximum atomic E-state index is 9.40. The summed E-state index contributed by atoms with van der Waals surface area (Å²) < 4.78 is 11.0. The molecule has 2 bridgehead atoms. The third-order valence-electron chi connectivity index (χ3n) is 6.94. The van der Waals surface area contributed by atoms with Crippen LogP contribution in [0, 0.1) is 22.7 Å². The lowest BCUT2D eigenvalue weighted by Gasteiger charge is -2.21. The monoisotopic (exact) mass is 402 g/mol. The van der Waals surface area contributed by atoms with E-state index < -0.39 is 0 Å². The predicted molar refractivity (Wildman–Crippen MR) is 119 cm³/mol. The average Bonchev–Trinajstić information content (AvgIpc) is 3.35. The Morgan fingerprint density at radius 1 is 0.613 bits per heavy atom. The van der Waals surface area contributed by atoms with Crippen LogP contribution in [0.1, 0.15) is 51.6 Å². The Morgan fingerprint density at radius 3 is 1.29 bits per heavy atom. The number of ether oxygens (including phenoxy) is 2. The van der Waals surface area contributed by atoms with Crippen molar-refractivity contribution >= 4 is 21.5 Å². The number of fused-ring (bicyclic) bond motifs is 10. The zero-order valence-corrected chi connectivity index (χ0v) is 17.2. The van der Waals surface area contributed by atoms with Gasteiger partial charge >= 0.3 is 0 Å². The zero-order valence-electron chi connectivity index (χ0n) is 17.2. The quantitative estimate of drug-likeness (QED) is 0.429. The van der Waals surface area contributed by atoms with E-state index in [1.165, 1.54) is 22.3 Å². The van der Waals surface area contributed by atoms with Crippen LogP contribution in [0.25, 0.3) is 21.5 Å². The molecule has 31 heavy (non-hydrogen) atoms. The van der Waals surface area contributed by atoms with Crippen LogP contribution in [0.5, 0.6) is 11.5 Å². The molecule has 0 spiro atoms. The highest BCUT2D eigenvalue weighted by atomic mass is 16.5. The van der Waals surface area contributed by atoms with Gasteiger partial charge in [-0.25, -0.2) is 0 Å². The van der Waals surface area contributed by atoms with Crippen molar-refractivity contribution < 1.29 is 9.47 Å². The van der Waals surface area contributed by atoms with E-state index in [0.717, 1.165) is 39.5 Å².